The van der Waals surface area contributed by atoms with Crippen LogP contribution in [-0.2, 0) is 6.54 Å². The number of benzene rings is 1. The number of rotatable bonds is 6. The fraction of sp³-hybridized carbons (Fsp3) is 0.600. The third-order valence-corrected chi connectivity index (χ3v) is 4.30. The molecule has 1 fully saturated rings. The molecule has 1 atom stereocenters. The van der Waals surface area contributed by atoms with Crippen LogP contribution in [0.2, 0.25) is 5.02 Å². The van der Waals surface area contributed by atoms with Gasteiger partial charge in [-0.25, -0.2) is 0 Å². The van der Waals surface area contributed by atoms with Gasteiger partial charge >= 0.3 is 0 Å². The summed E-state index contributed by atoms with van der Waals surface area (Å²) in [5.41, 5.74) is 0.932. The number of nitro benzene ring substituents is 1. The maximum absolute atomic E-state index is 10.9. The molecule has 1 aliphatic heterocycles. The Morgan fingerprint density at radius 2 is 2.33 bits per heavy atom. The topological polar surface area (TPSA) is 58.4 Å². The van der Waals surface area contributed by atoms with E-state index in [4.69, 9.17) is 11.6 Å². The van der Waals surface area contributed by atoms with E-state index >= 15 is 0 Å². The summed E-state index contributed by atoms with van der Waals surface area (Å²) in [5.74, 6) is 0.668. The summed E-state index contributed by atoms with van der Waals surface area (Å²) in [4.78, 5) is 12.9. The SMILES string of the molecule is CCN(Cc1ccc(Cl)c([N+](=O)[O-])c1)CC1CCCNC1. The normalized spacial score (nSPS) is 18.9. The van der Waals surface area contributed by atoms with E-state index in [1.165, 1.54) is 12.8 Å². The average Bonchev–Trinajstić information content (AvgIpc) is 2.49. The lowest BCUT2D eigenvalue weighted by Crippen LogP contribution is -2.38. The second kappa shape index (κ2) is 7.73. The summed E-state index contributed by atoms with van der Waals surface area (Å²) in [6.45, 7) is 7.00. The van der Waals surface area contributed by atoms with Crippen molar-refractivity contribution in [3.63, 3.8) is 0 Å². The Kier molecular flexibility index (Phi) is 5.96. The molecule has 0 aliphatic carbocycles. The Hall–Kier alpha value is -1.17. The number of halogens is 1. The van der Waals surface area contributed by atoms with E-state index in [2.05, 4.69) is 17.1 Å². The highest BCUT2D eigenvalue weighted by molar-refractivity contribution is 6.32. The van der Waals surface area contributed by atoms with Crippen molar-refractivity contribution >= 4 is 17.3 Å². The first kappa shape index (κ1) is 16.2. The van der Waals surface area contributed by atoms with E-state index < -0.39 is 4.92 Å². The van der Waals surface area contributed by atoms with Crippen LogP contribution >= 0.6 is 11.6 Å². The van der Waals surface area contributed by atoms with Crippen LogP contribution in [-0.4, -0.2) is 36.0 Å². The molecule has 0 bridgehead atoms. The predicted molar refractivity (Wildman–Crippen MR) is 84.7 cm³/mol. The van der Waals surface area contributed by atoms with Gasteiger partial charge in [0, 0.05) is 19.2 Å². The van der Waals surface area contributed by atoms with Crippen molar-refractivity contribution in [2.24, 2.45) is 5.92 Å². The van der Waals surface area contributed by atoms with Crippen molar-refractivity contribution in [1.29, 1.82) is 0 Å². The molecule has 1 aromatic rings. The van der Waals surface area contributed by atoms with Gasteiger partial charge in [0.25, 0.3) is 5.69 Å². The molecule has 116 valence electrons. The van der Waals surface area contributed by atoms with Crippen LogP contribution in [0.3, 0.4) is 0 Å². The van der Waals surface area contributed by atoms with Gasteiger partial charge in [0.2, 0.25) is 0 Å². The zero-order chi connectivity index (χ0) is 15.2. The van der Waals surface area contributed by atoms with Gasteiger partial charge < -0.3 is 5.32 Å². The van der Waals surface area contributed by atoms with E-state index in [0.29, 0.717) is 5.92 Å². The Morgan fingerprint density at radius 3 is 2.95 bits per heavy atom. The first-order chi connectivity index (χ1) is 10.1. The number of hydrogen-bond acceptors (Lipinski definition) is 4. The van der Waals surface area contributed by atoms with Crippen molar-refractivity contribution in [3.8, 4) is 0 Å². The molecular formula is C15H22ClN3O2. The zero-order valence-corrected chi connectivity index (χ0v) is 13.1. The minimum absolute atomic E-state index is 0.00967. The molecule has 2 rings (SSSR count). The van der Waals surface area contributed by atoms with Gasteiger partial charge in [0.05, 0.1) is 4.92 Å². The molecule has 1 N–H and O–H groups in total. The van der Waals surface area contributed by atoms with Crippen molar-refractivity contribution < 1.29 is 4.92 Å². The molecule has 0 amide bonds. The maximum Gasteiger partial charge on any atom is 0.288 e. The van der Waals surface area contributed by atoms with E-state index in [1.807, 2.05) is 6.07 Å². The quantitative estimate of drug-likeness (QED) is 0.648. The second-order valence-electron chi connectivity index (χ2n) is 5.58. The number of nitrogens with zero attached hydrogens (tertiary/aromatic N) is 2. The zero-order valence-electron chi connectivity index (χ0n) is 12.3. The molecule has 5 nitrogen and oxygen atoms in total. The van der Waals surface area contributed by atoms with Gasteiger partial charge in [-0.05, 0) is 50.0 Å². The van der Waals surface area contributed by atoms with Crippen LogP contribution < -0.4 is 5.32 Å². The summed E-state index contributed by atoms with van der Waals surface area (Å²) in [6.07, 6.45) is 2.49. The molecule has 6 heteroatoms. The third kappa shape index (κ3) is 4.66. The summed E-state index contributed by atoms with van der Waals surface area (Å²) in [6, 6.07) is 5.08. The van der Waals surface area contributed by atoms with Crippen LogP contribution in [0.15, 0.2) is 18.2 Å². The molecule has 21 heavy (non-hydrogen) atoms. The van der Waals surface area contributed by atoms with Gasteiger partial charge in [-0.1, -0.05) is 24.6 Å². The standard InChI is InChI=1S/C15H22ClN3O2/c1-2-18(11-13-4-3-7-17-9-13)10-12-5-6-14(16)15(8-12)19(20)21/h5-6,8,13,17H,2-4,7,9-11H2,1H3. The van der Waals surface area contributed by atoms with Gasteiger partial charge in [0.1, 0.15) is 5.02 Å². The smallest absolute Gasteiger partial charge is 0.288 e. The number of piperidine rings is 1. The fourth-order valence-corrected chi connectivity index (χ4v) is 2.99. The lowest BCUT2D eigenvalue weighted by Gasteiger charge is -2.29. The Bertz CT molecular complexity index is 490. The molecule has 0 spiro atoms. The van der Waals surface area contributed by atoms with Crippen LogP contribution in [0.25, 0.3) is 0 Å². The van der Waals surface area contributed by atoms with Gasteiger partial charge in [-0.3, -0.25) is 15.0 Å². The van der Waals surface area contributed by atoms with Crippen LogP contribution in [0, 0.1) is 16.0 Å². The molecule has 1 unspecified atom stereocenters. The molecular weight excluding hydrogens is 290 g/mol. The second-order valence-corrected chi connectivity index (χ2v) is 5.99. The number of nitrogens with one attached hydrogen (secondary N) is 1. The van der Waals surface area contributed by atoms with Crippen molar-refractivity contribution in [2.75, 3.05) is 26.2 Å². The summed E-state index contributed by atoms with van der Waals surface area (Å²) in [5, 5.41) is 14.6. The molecule has 1 saturated heterocycles. The van der Waals surface area contributed by atoms with E-state index in [1.54, 1.807) is 12.1 Å². The van der Waals surface area contributed by atoms with Crippen LogP contribution in [0.4, 0.5) is 5.69 Å². The van der Waals surface area contributed by atoms with Gasteiger partial charge in [-0.15, -0.1) is 0 Å². The first-order valence-corrected chi connectivity index (χ1v) is 7.83. The van der Waals surface area contributed by atoms with Crippen molar-refractivity contribution in [3.05, 3.63) is 38.9 Å². The summed E-state index contributed by atoms with van der Waals surface area (Å²) >= 11 is 5.85. The first-order valence-electron chi connectivity index (χ1n) is 7.46. The van der Waals surface area contributed by atoms with Gasteiger partial charge in [-0.2, -0.15) is 0 Å². The van der Waals surface area contributed by atoms with E-state index in [9.17, 15) is 10.1 Å². The van der Waals surface area contributed by atoms with Crippen LogP contribution in [0.5, 0.6) is 0 Å². The molecule has 0 saturated carbocycles. The highest BCUT2D eigenvalue weighted by atomic mass is 35.5. The molecule has 0 radical (unpaired) electrons. The molecule has 0 aromatic heterocycles. The van der Waals surface area contributed by atoms with Crippen molar-refractivity contribution in [1.82, 2.24) is 10.2 Å². The minimum Gasteiger partial charge on any atom is -0.316 e. The number of nitro groups is 1. The highest BCUT2D eigenvalue weighted by Crippen LogP contribution is 2.26. The monoisotopic (exact) mass is 311 g/mol. The summed E-state index contributed by atoms with van der Waals surface area (Å²) < 4.78 is 0. The fourth-order valence-electron chi connectivity index (χ4n) is 2.81. The lowest BCUT2D eigenvalue weighted by atomic mass is 9.99. The Balaban J connectivity index is 2.00. The predicted octanol–water partition coefficient (Wildman–Crippen LogP) is 3.07. The minimum atomic E-state index is -0.423. The third-order valence-electron chi connectivity index (χ3n) is 3.98. The maximum atomic E-state index is 10.9. The number of hydrogen-bond donors (Lipinski definition) is 1. The average molecular weight is 312 g/mol. The lowest BCUT2D eigenvalue weighted by molar-refractivity contribution is -0.384. The largest absolute Gasteiger partial charge is 0.316 e. The molecule has 1 heterocycles. The van der Waals surface area contributed by atoms with Crippen LogP contribution in [0.1, 0.15) is 25.3 Å². The Labute approximate surface area is 130 Å². The summed E-state index contributed by atoms with van der Waals surface area (Å²) in [7, 11) is 0. The molecule has 1 aromatic carbocycles. The molecule has 1 aliphatic rings. The van der Waals surface area contributed by atoms with Gasteiger partial charge in [0.15, 0.2) is 0 Å². The van der Waals surface area contributed by atoms with E-state index in [-0.39, 0.29) is 10.7 Å². The van der Waals surface area contributed by atoms with Crippen molar-refractivity contribution in [2.45, 2.75) is 26.3 Å². The Morgan fingerprint density at radius 1 is 1.52 bits per heavy atom. The van der Waals surface area contributed by atoms with E-state index in [0.717, 1.165) is 38.3 Å². The highest BCUT2D eigenvalue weighted by Gasteiger charge is 2.18.